The number of ether oxygens (including phenoxy) is 1. The molecule has 28 heavy (non-hydrogen) atoms. The predicted octanol–water partition coefficient (Wildman–Crippen LogP) is 3.02. The Labute approximate surface area is 171 Å². The van der Waals surface area contributed by atoms with Crippen molar-refractivity contribution in [3.05, 3.63) is 82.8 Å². The lowest BCUT2D eigenvalue weighted by Crippen LogP contribution is -2.16. The van der Waals surface area contributed by atoms with E-state index >= 15 is 0 Å². The molecule has 2 aromatic rings. The van der Waals surface area contributed by atoms with Crippen LogP contribution in [0.2, 0.25) is 2.82 Å². The first-order valence-electron chi connectivity index (χ1n) is 11.6. The number of ketones is 1. The number of nitrogens with two attached hydrogens (primary N) is 1. The number of halogens is 3. The second-order valence-corrected chi connectivity index (χ2v) is 6.43. The molecule has 1 atom stereocenters. The first kappa shape index (κ1) is 11.1. The quantitative estimate of drug-likeness (QED) is 0.719. The molecule has 6 nitrogen and oxygen atoms in total. The van der Waals surface area contributed by atoms with Crippen LogP contribution >= 0.6 is 0 Å². The van der Waals surface area contributed by atoms with Gasteiger partial charge in [-0.25, -0.2) is 0 Å². The molecule has 0 unspecified atom stereocenters. The highest BCUT2D eigenvalue weighted by Gasteiger charge is 2.40. The van der Waals surface area contributed by atoms with Crippen LogP contribution in [0.1, 0.15) is 32.4 Å². The summed E-state index contributed by atoms with van der Waals surface area (Å²) in [6.45, 7) is 0. The van der Waals surface area contributed by atoms with E-state index < -0.39 is 92.1 Å². The number of Topliss-reactive ketones (excluding diaryl/α,β-unsaturated/α-hetero) is 1. The molecule has 1 aliphatic heterocycles. The van der Waals surface area contributed by atoms with Gasteiger partial charge in [-0.3, -0.25) is 4.79 Å². The minimum atomic E-state index is -5.51. The molecule has 0 saturated carbocycles. The first-order valence-corrected chi connectivity index (χ1v) is 8.63. The van der Waals surface area contributed by atoms with Crippen molar-refractivity contribution in [2.75, 3.05) is 0 Å². The number of hydrogen-bond acceptors (Lipinski definition) is 6. The van der Waals surface area contributed by atoms with Gasteiger partial charge in [0.25, 0.3) is 0 Å². The van der Waals surface area contributed by atoms with Crippen LogP contribution < -0.4 is 5.72 Å². The van der Waals surface area contributed by atoms with Gasteiger partial charge < -0.3 is 14.6 Å². The summed E-state index contributed by atoms with van der Waals surface area (Å²) in [7, 11) is -5.51. The highest BCUT2D eigenvalue weighted by molar-refractivity contribution is 7.86. The molecule has 148 valence electrons. The van der Waals surface area contributed by atoms with Crippen molar-refractivity contribution < 1.29 is 47.7 Å². The Hall–Kier alpha value is -3.01. The molecule has 3 rings (SSSR count). The van der Waals surface area contributed by atoms with Crippen molar-refractivity contribution in [2.45, 2.75) is 18.0 Å². The van der Waals surface area contributed by atoms with Crippen molar-refractivity contribution in [3.63, 3.8) is 0 Å². The number of carbonyl (C=O) groups excluding carboxylic acids is 1. The highest BCUT2D eigenvalue weighted by Crippen LogP contribution is 2.35. The third kappa shape index (κ3) is 4.28. The molecular weight excluding hydrogens is 399 g/mol. The van der Waals surface area contributed by atoms with Gasteiger partial charge in [-0.15, -0.1) is 0 Å². The van der Waals surface area contributed by atoms with E-state index in [1.807, 2.05) is 0 Å². The van der Waals surface area contributed by atoms with Gasteiger partial charge >= 0.3 is 16.3 Å². The number of benzene rings is 2. The average molecular weight is 422 g/mol. The Balaban J connectivity index is 2.17. The Morgan fingerprint density at radius 3 is 2.46 bits per heavy atom. The van der Waals surface area contributed by atoms with E-state index in [2.05, 4.69) is 4.18 Å². The summed E-state index contributed by atoms with van der Waals surface area (Å²) >= 11 is 0. The maximum absolute atomic E-state index is 13.3. The fourth-order valence-corrected chi connectivity index (χ4v) is 2.81. The van der Waals surface area contributed by atoms with E-state index in [9.17, 15) is 26.4 Å². The molecular formula is C18H14F3NO5S. The van der Waals surface area contributed by atoms with E-state index in [4.69, 9.17) is 17.2 Å². The summed E-state index contributed by atoms with van der Waals surface area (Å²) in [6, 6.07) is -0.327. The summed E-state index contributed by atoms with van der Waals surface area (Å²) in [5.41, 5.74) is -7.75. The molecule has 0 amide bonds. The number of carbonyl (C=O) groups is 1. The van der Waals surface area contributed by atoms with E-state index in [1.54, 1.807) is 0 Å². The monoisotopic (exact) mass is 422 g/mol. The number of hydrogen-bond donors (Lipinski definition) is 1. The minimum Gasteiger partial charge on any atom is -0.460 e. The largest absolute Gasteiger partial charge is 0.460 e. The molecule has 0 aliphatic carbocycles. The van der Waals surface area contributed by atoms with Crippen LogP contribution in [0.3, 0.4) is 0 Å². The Bertz CT molecular complexity index is 1390. The van der Waals surface area contributed by atoms with E-state index in [0.29, 0.717) is 0 Å². The van der Waals surface area contributed by atoms with Crippen LogP contribution in [-0.4, -0.2) is 14.2 Å². The zero-order valence-electron chi connectivity index (χ0n) is 22.4. The zero-order valence-corrected chi connectivity index (χ0v) is 14.2. The standard InChI is InChI=1S/C18H14F3NO5S/c19-18(20,21)13-8-6-12(7-9-13)15-14(23)16(17(22)26-15)27-28(24,25)10-11-4-2-1-3-5-11/h1-9,15H,10,22H2/t15-/m0/s1/i6D,7D,8D,9D,10D2,15D/hD2. The van der Waals surface area contributed by atoms with Gasteiger partial charge in [-0.1, -0.05) is 42.4 Å². The Morgan fingerprint density at radius 2 is 1.89 bits per heavy atom. The normalized spacial score (nSPS) is 25.1. The Kier molecular flexibility index (Phi) is 2.85. The summed E-state index contributed by atoms with van der Waals surface area (Å²) in [5, 5.41) is 0. The van der Waals surface area contributed by atoms with Crippen molar-refractivity contribution in [2.24, 2.45) is 5.72 Å². The molecule has 1 heterocycles. The maximum atomic E-state index is 13.3. The van der Waals surface area contributed by atoms with E-state index in [0.717, 1.165) is 12.1 Å². The lowest BCUT2D eigenvalue weighted by atomic mass is 10.0. The smallest absolute Gasteiger partial charge is 0.416 e. The van der Waals surface area contributed by atoms with Gasteiger partial charge in [0, 0.05) is 5.56 Å². The van der Waals surface area contributed by atoms with Gasteiger partial charge in [0.1, 0.15) is 5.70 Å². The summed E-state index contributed by atoms with van der Waals surface area (Å²) in [6.07, 6.45) is -8.90. The van der Waals surface area contributed by atoms with Crippen molar-refractivity contribution in [1.29, 1.82) is 0 Å². The van der Waals surface area contributed by atoms with Crippen LogP contribution in [-0.2, 0) is 35.7 Å². The third-order valence-corrected chi connectivity index (χ3v) is 4.02. The second-order valence-electron chi connectivity index (χ2n) is 5.15. The van der Waals surface area contributed by atoms with E-state index in [1.165, 1.54) is 18.2 Å². The summed E-state index contributed by atoms with van der Waals surface area (Å²) < 4.78 is 145. The number of alkyl halides is 3. The van der Waals surface area contributed by atoms with Crippen LogP contribution in [0, 0.1) is 0 Å². The van der Waals surface area contributed by atoms with E-state index in [-0.39, 0.29) is 0 Å². The minimum absolute atomic E-state index is 0.462. The van der Waals surface area contributed by atoms with Gasteiger partial charge in [-0.05, 0) is 17.6 Å². The fraction of sp³-hybridized carbons (Fsp3) is 0.167. The fourth-order valence-electron chi connectivity index (χ4n) is 1.98. The van der Waals surface area contributed by atoms with Crippen LogP contribution in [0.4, 0.5) is 13.2 Å². The molecule has 0 saturated heterocycles. The molecule has 10 heteroatoms. The summed E-state index contributed by atoms with van der Waals surface area (Å²) in [5.74, 6) is -5.00. The molecule has 0 spiro atoms. The number of rotatable bonds is 6. The molecule has 2 aromatic carbocycles. The Morgan fingerprint density at radius 1 is 1.25 bits per heavy atom. The summed E-state index contributed by atoms with van der Waals surface area (Å²) in [4.78, 5) is 13.1. The van der Waals surface area contributed by atoms with Crippen LogP contribution in [0.25, 0.3) is 0 Å². The maximum Gasteiger partial charge on any atom is 0.416 e. The van der Waals surface area contributed by atoms with Gasteiger partial charge in [0.05, 0.1) is 15.2 Å². The van der Waals surface area contributed by atoms with Crippen molar-refractivity contribution >= 4 is 15.9 Å². The molecule has 1 aliphatic rings. The lowest BCUT2D eigenvalue weighted by molar-refractivity contribution is -0.137. The van der Waals surface area contributed by atoms with Gasteiger partial charge in [0.15, 0.2) is 8.90 Å². The molecule has 0 aromatic heterocycles. The lowest BCUT2D eigenvalue weighted by Gasteiger charge is -2.12. The highest BCUT2D eigenvalue weighted by atomic mass is 32.2. The average Bonchev–Trinajstić information content (AvgIpc) is 3.03. The molecule has 2 N–H and O–H groups in total. The van der Waals surface area contributed by atoms with Gasteiger partial charge in [0.2, 0.25) is 17.4 Å². The van der Waals surface area contributed by atoms with Crippen molar-refractivity contribution in [1.82, 2.24) is 0 Å². The van der Waals surface area contributed by atoms with Crippen LogP contribution in [0.15, 0.2) is 66.1 Å². The van der Waals surface area contributed by atoms with Gasteiger partial charge in [-0.2, -0.15) is 21.6 Å². The second kappa shape index (κ2) is 7.19. The van der Waals surface area contributed by atoms with Crippen molar-refractivity contribution in [3.8, 4) is 0 Å². The molecule has 0 radical (unpaired) electrons. The molecule has 0 bridgehead atoms. The molecule has 0 fully saturated rings. The third-order valence-electron chi connectivity index (χ3n) is 3.15. The van der Waals surface area contributed by atoms with Crippen LogP contribution in [0.5, 0.6) is 0 Å². The topological polar surface area (TPSA) is 95.7 Å². The predicted molar refractivity (Wildman–Crippen MR) is 91.6 cm³/mol. The first-order chi connectivity index (χ1) is 16.8. The zero-order chi connectivity index (χ0) is 28.3. The SMILES string of the molecule is [2H]c1c([2H])c([C@]2([2H])OC(N([2H])[2H])=C(OS(=O)(=O)C([2H])([2H])c3ccccc3)C2=O)c([2H])c([2H])c1C(F)(F)F.